The number of rotatable bonds is 5. The largest absolute Gasteiger partial charge is 0.369 e. The van der Waals surface area contributed by atoms with Crippen molar-refractivity contribution in [2.75, 3.05) is 24.5 Å². The van der Waals surface area contributed by atoms with Gasteiger partial charge in [0.05, 0.1) is 34.1 Å². The lowest BCUT2D eigenvalue weighted by atomic mass is 10.00. The van der Waals surface area contributed by atoms with Gasteiger partial charge in [0, 0.05) is 49.7 Å². The van der Waals surface area contributed by atoms with Crippen LogP contribution in [0.2, 0.25) is 0 Å². The van der Waals surface area contributed by atoms with Crippen LogP contribution >= 0.6 is 0 Å². The molecule has 0 bridgehead atoms. The Labute approximate surface area is 228 Å². The minimum absolute atomic E-state index is 0.118. The molecular formula is C30H33N7O2. The maximum atomic E-state index is 14.0. The summed E-state index contributed by atoms with van der Waals surface area (Å²) in [4.78, 5) is 34.9. The zero-order chi connectivity index (χ0) is 27.8. The second kappa shape index (κ2) is 10.5. The van der Waals surface area contributed by atoms with Crippen molar-refractivity contribution in [2.45, 2.75) is 58.0 Å². The van der Waals surface area contributed by atoms with E-state index in [1.165, 1.54) is 0 Å². The molecule has 0 spiro atoms. The predicted molar refractivity (Wildman–Crippen MR) is 150 cm³/mol. The monoisotopic (exact) mass is 523 g/mol. The molecule has 5 rings (SSSR count). The van der Waals surface area contributed by atoms with Gasteiger partial charge in [-0.3, -0.25) is 14.6 Å². The van der Waals surface area contributed by atoms with Gasteiger partial charge in [-0.15, -0.1) is 0 Å². The molecule has 9 heteroatoms. The molecule has 1 saturated carbocycles. The molecule has 1 amide bonds. The first-order valence-corrected chi connectivity index (χ1v) is 13.5. The summed E-state index contributed by atoms with van der Waals surface area (Å²) in [5, 5.41) is 26.1. The molecule has 2 aromatic heterocycles. The normalized spacial score (nSPS) is 18.2. The van der Waals surface area contributed by atoms with Crippen LogP contribution in [-0.2, 0) is 7.05 Å². The van der Waals surface area contributed by atoms with E-state index in [0.29, 0.717) is 36.3 Å². The van der Waals surface area contributed by atoms with E-state index in [0.717, 1.165) is 48.1 Å². The number of pyridine rings is 2. The maximum Gasteiger partial charge on any atom is 0.265 e. The summed E-state index contributed by atoms with van der Waals surface area (Å²) in [6, 6.07) is 10.8. The summed E-state index contributed by atoms with van der Waals surface area (Å²) >= 11 is 0. The number of anilines is 1. The number of nitrogens with zero attached hydrogens (tertiary/aromatic N) is 5. The van der Waals surface area contributed by atoms with Gasteiger partial charge < -0.3 is 20.1 Å². The third-order valence-corrected chi connectivity index (χ3v) is 7.84. The lowest BCUT2D eigenvalue weighted by Gasteiger charge is -2.28. The Morgan fingerprint density at radius 2 is 1.90 bits per heavy atom. The number of hydrogen-bond acceptors (Lipinski definition) is 7. The van der Waals surface area contributed by atoms with Gasteiger partial charge in [0.2, 0.25) is 0 Å². The molecule has 3 heterocycles. The second-order valence-corrected chi connectivity index (χ2v) is 10.8. The average molecular weight is 524 g/mol. The Kier molecular flexibility index (Phi) is 7.12. The van der Waals surface area contributed by atoms with E-state index in [2.05, 4.69) is 22.5 Å². The SMILES string of the molecule is Cc1cc2c(N3CCN[C@@H](C)CC3)c(C(=O)N[C@@H](C)c3ccc(C#N)c(C#N)c3)c(=O)n(C)c2c(C2CC2)n1. The first-order chi connectivity index (χ1) is 18.7. The lowest BCUT2D eigenvalue weighted by Crippen LogP contribution is -2.39. The summed E-state index contributed by atoms with van der Waals surface area (Å²) in [5.74, 6) is -0.127. The second-order valence-electron chi connectivity index (χ2n) is 10.8. The molecule has 39 heavy (non-hydrogen) atoms. The maximum absolute atomic E-state index is 14.0. The zero-order valence-electron chi connectivity index (χ0n) is 22.8. The third-order valence-electron chi connectivity index (χ3n) is 7.84. The highest BCUT2D eigenvalue weighted by Crippen LogP contribution is 2.43. The molecule has 0 unspecified atom stereocenters. The first kappa shape index (κ1) is 26.4. The number of nitriles is 2. The summed E-state index contributed by atoms with van der Waals surface area (Å²) in [6.07, 6.45) is 2.99. The fourth-order valence-corrected chi connectivity index (χ4v) is 5.51. The van der Waals surface area contributed by atoms with Gasteiger partial charge in [0.1, 0.15) is 17.7 Å². The van der Waals surface area contributed by atoms with Crippen molar-refractivity contribution in [3.05, 3.63) is 68.3 Å². The molecule has 1 aliphatic heterocycles. The smallest absolute Gasteiger partial charge is 0.265 e. The molecule has 2 N–H and O–H groups in total. The number of aryl methyl sites for hydroxylation is 2. The van der Waals surface area contributed by atoms with Crippen molar-refractivity contribution in [2.24, 2.45) is 7.05 Å². The number of carbonyl (C=O) groups excluding carboxylic acids is 1. The first-order valence-electron chi connectivity index (χ1n) is 13.5. The molecule has 9 nitrogen and oxygen atoms in total. The minimum Gasteiger partial charge on any atom is -0.369 e. The number of aromatic nitrogens is 2. The molecule has 3 aromatic rings. The summed E-state index contributed by atoms with van der Waals surface area (Å²) in [5.41, 5.74) is 4.26. The van der Waals surface area contributed by atoms with Crippen molar-refractivity contribution >= 4 is 22.5 Å². The van der Waals surface area contributed by atoms with Gasteiger partial charge in [-0.1, -0.05) is 6.07 Å². The number of benzene rings is 1. The van der Waals surface area contributed by atoms with Crippen LogP contribution < -0.4 is 21.1 Å². The van der Waals surface area contributed by atoms with Crippen molar-refractivity contribution < 1.29 is 4.79 Å². The molecule has 2 aliphatic rings. The van der Waals surface area contributed by atoms with E-state index in [9.17, 15) is 20.1 Å². The highest BCUT2D eigenvalue weighted by atomic mass is 16.2. The predicted octanol–water partition coefficient (Wildman–Crippen LogP) is 3.54. The highest BCUT2D eigenvalue weighted by molar-refractivity contribution is 6.08. The Bertz CT molecular complexity index is 1610. The Balaban J connectivity index is 1.65. The number of carbonyl (C=O) groups is 1. The zero-order valence-corrected chi connectivity index (χ0v) is 22.8. The van der Waals surface area contributed by atoms with Crippen molar-refractivity contribution in [1.29, 1.82) is 10.5 Å². The van der Waals surface area contributed by atoms with Gasteiger partial charge in [-0.2, -0.15) is 10.5 Å². The van der Waals surface area contributed by atoms with Crippen LogP contribution in [0.5, 0.6) is 0 Å². The van der Waals surface area contributed by atoms with E-state index < -0.39 is 11.9 Å². The number of fused-ring (bicyclic) bond motifs is 1. The molecular weight excluding hydrogens is 490 g/mol. The van der Waals surface area contributed by atoms with Crippen molar-refractivity contribution in [3.63, 3.8) is 0 Å². The van der Waals surface area contributed by atoms with Gasteiger partial charge in [0.25, 0.3) is 11.5 Å². The van der Waals surface area contributed by atoms with Crippen LogP contribution in [0.3, 0.4) is 0 Å². The van der Waals surface area contributed by atoms with Crippen molar-refractivity contribution in [3.8, 4) is 12.1 Å². The summed E-state index contributed by atoms with van der Waals surface area (Å²) in [7, 11) is 1.73. The molecule has 2 fully saturated rings. The van der Waals surface area contributed by atoms with Crippen LogP contribution in [0, 0.1) is 29.6 Å². The van der Waals surface area contributed by atoms with E-state index in [4.69, 9.17) is 4.98 Å². The van der Waals surface area contributed by atoms with Gasteiger partial charge >= 0.3 is 0 Å². The van der Waals surface area contributed by atoms with Gasteiger partial charge in [0.15, 0.2) is 0 Å². The number of nitrogens with one attached hydrogen (secondary N) is 2. The minimum atomic E-state index is -0.488. The van der Waals surface area contributed by atoms with E-state index in [1.54, 1.807) is 29.8 Å². The quantitative estimate of drug-likeness (QED) is 0.524. The lowest BCUT2D eigenvalue weighted by molar-refractivity contribution is 0.0938. The van der Waals surface area contributed by atoms with E-state index in [1.807, 2.05) is 32.1 Å². The molecule has 1 aliphatic carbocycles. The standard InChI is InChI=1S/C30H33N7O2/c1-17-9-11-37(12-10-33-17)27-24-13-18(2)34-26(20-5-6-20)28(24)36(4)30(39)25(27)29(38)35-19(3)21-7-8-22(15-31)23(14-21)16-32/h7-8,13-14,17,19-20,33H,5-6,9-12H2,1-4H3,(H,35,38)/t17-,19-/m0/s1. The molecule has 1 aromatic carbocycles. The Morgan fingerprint density at radius 1 is 1.15 bits per heavy atom. The fraction of sp³-hybridized carbons (Fsp3) is 0.433. The van der Waals surface area contributed by atoms with Gasteiger partial charge in [-0.05, 0) is 63.8 Å². The van der Waals surface area contributed by atoms with Crippen LogP contribution in [0.25, 0.3) is 10.9 Å². The molecule has 2 atom stereocenters. The van der Waals surface area contributed by atoms with Crippen LogP contribution in [0.1, 0.15) is 83.5 Å². The molecule has 200 valence electrons. The Hall–Kier alpha value is -4.21. The van der Waals surface area contributed by atoms with Crippen molar-refractivity contribution in [1.82, 2.24) is 20.2 Å². The van der Waals surface area contributed by atoms with Crippen LogP contribution in [0.4, 0.5) is 5.69 Å². The number of hydrogen-bond donors (Lipinski definition) is 2. The molecule has 1 saturated heterocycles. The Morgan fingerprint density at radius 3 is 2.59 bits per heavy atom. The topological polar surface area (TPSA) is 127 Å². The number of amides is 1. The van der Waals surface area contributed by atoms with E-state index >= 15 is 0 Å². The van der Waals surface area contributed by atoms with Crippen LogP contribution in [0.15, 0.2) is 29.1 Å². The molecule has 0 radical (unpaired) electrons. The summed E-state index contributed by atoms with van der Waals surface area (Å²) in [6.45, 7) is 8.05. The highest BCUT2D eigenvalue weighted by Gasteiger charge is 2.33. The average Bonchev–Trinajstić information content (AvgIpc) is 3.78. The third kappa shape index (κ3) is 4.98. The van der Waals surface area contributed by atoms with Crippen LogP contribution in [-0.4, -0.2) is 41.1 Å². The van der Waals surface area contributed by atoms with Gasteiger partial charge in [-0.25, -0.2) is 0 Å². The fourth-order valence-electron chi connectivity index (χ4n) is 5.51. The van der Waals surface area contributed by atoms with E-state index in [-0.39, 0.29) is 22.2 Å². The summed E-state index contributed by atoms with van der Waals surface area (Å²) < 4.78 is 1.59.